The lowest BCUT2D eigenvalue weighted by molar-refractivity contribution is 0.0891. The van der Waals surface area contributed by atoms with Gasteiger partial charge in [0.2, 0.25) is 0 Å². The Hall–Kier alpha value is -3.49. The standard InChI is InChI=1S/C25H25N5O2S/c1-25(2)14-27-23(32)21-11-16-8-9-17(12-20(16)30(21)25)22(31)29-24-28-19(13-33-24)18(26)10-15-6-4-3-5-7-15/h3-9,11-13,18H,10,14,26H2,1-2H3,(H,27,32)(H,28,29,31)/t18-/m0/s1. The minimum absolute atomic E-state index is 0.0984. The molecule has 4 N–H and O–H groups in total. The second-order valence-electron chi connectivity index (χ2n) is 8.96. The van der Waals surface area contributed by atoms with Crippen molar-refractivity contribution in [1.82, 2.24) is 14.9 Å². The molecule has 0 unspecified atom stereocenters. The van der Waals surface area contributed by atoms with Gasteiger partial charge in [-0.1, -0.05) is 36.4 Å². The second-order valence-corrected chi connectivity index (χ2v) is 9.82. The Morgan fingerprint density at radius 3 is 2.82 bits per heavy atom. The van der Waals surface area contributed by atoms with Gasteiger partial charge < -0.3 is 15.6 Å². The first-order valence-corrected chi connectivity index (χ1v) is 11.7. The van der Waals surface area contributed by atoms with Crippen LogP contribution in [0.5, 0.6) is 0 Å². The predicted molar refractivity (Wildman–Crippen MR) is 131 cm³/mol. The fourth-order valence-electron chi connectivity index (χ4n) is 4.28. The summed E-state index contributed by atoms with van der Waals surface area (Å²) < 4.78 is 2.02. The van der Waals surface area contributed by atoms with E-state index in [1.165, 1.54) is 11.3 Å². The quantitative estimate of drug-likeness (QED) is 0.419. The van der Waals surface area contributed by atoms with Crippen molar-refractivity contribution in [2.24, 2.45) is 5.73 Å². The fourth-order valence-corrected chi connectivity index (χ4v) is 5.05. The van der Waals surface area contributed by atoms with Crippen LogP contribution in [0.15, 0.2) is 60.0 Å². The fraction of sp³-hybridized carbons (Fsp3) is 0.240. The number of anilines is 1. The lowest BCUT2D eigenvalue weighted by Crippen LogP contribution is -2.47. The Labute approximate surface area is 195 Å². The van der Waals surface area contributed by atoms with E-state index in [4.69, 9.17) is 5.73 Å². The minimum Gasteiger partial charge on any atom is -0.348 e. The number of hydrogen-bond donors (Lipinski definition) is 3. The molecule has 2 amide bonds. The molecule has 2 aromatic carbocycles. The second kappa shape index (κ2) is 8.13. The third-order valence-electron chi connectivity index (χ3n) is 6.01. The van der Waals surface area contributed by atoms with Crippen LogP contribution in [0.4, 0.5) is 5.13 Å². The van der Waals surface area contributed by atoms with E-state index >= 15 is 0 Å². The zero-order valence-electron chi connectivity index (χ0n) is 18.5. The van der Waals surface area contributed by atoms with Crippen molar-refractivity contribution in [3.8, 4) is 0 Å². The molecule has 4 aromatic rings. The van der Waals surface area contributed by atoms with Gasteiger partial charge in [0, 0.05) is 28.4 Å². The molecule has 0 saturated heterocycles. The van der Waals surface area contributed by atoms with E-state index < -0.39 is 0 Å². The van der Waals surface area contributed by atoms with E-state index in [-0.39, 0.29) is 23.4 Å². The lowest BCUT2D eigenvalue weighted by atomic mass is 10.0. The van der Waals surface area contributed by atoms with Crippen LogP contribution < -0.4 is 16.4 Å². The van der Waals surface area contributed by atoms with Gasteiger partial charge in [-0.25, -0.2) is 4.98 Å². The van der Waals surface area contributed by atoms with E-state index in [1.807, 2.05) is 58.5 Å². The molecule has 8 heteroatoms. The summed E-state index contributed by atoms with van der Waals surface area (Å²) in [6.45, 7) is 4.67. The molecule has 7 nitrogen and oxygen atoms in total. The average Bonchev–Trinajstić information content (AvgIpc) is 3.42. The number of benzene rings is 2. The smallest absolute Gasteiger partial charge is 0.268 e. The summed E-state index contributed by atoms with van der Waals surface area (Å²) in [5, 5.41) is 9.14. The van der Waals surface area contributed by atoms with Crippen molar-refractivity contribution < 1.29 is 9.59 Å². The third-order valence-corrected chi connectivity index (χ3v) is 6.78. The Bertz CT molecular complexity index is 1360. The Kier molecular flexibility index (Phi) is 5.26. The van der Waals surface area contributed by atoms with Gasteiger partial charge in [-0.2, -0.15) is 0 Å². The van der Waals surface area contributed by atoms with Gasteiger partial charge in [-0.3, -0.25) is 14.9 Å². The first-order chi connectivity index (χ1) is 15.8. The number of rotatable bonds is 5. The van der Waals surface area contributed by atoms with Gasteiger partial charge in [0.15, 0.2) is 5.13 Å². The number of nitrogens with two attached hydrogens (primary N) is 1. The molecule has 0 saturated carbocycles. The number of carbonyl (C=O) groups excluding carboxylic acids is 2. The highest BCUT2D eigenvalue weighted by atomic mass is 32.1. The first kappa shape index (κ1) is 21.4. The van der Waals surface area contributed by atoms with Crippen LogP contribution in [0.3, 0.4) is 0 Å². The van der Waals surface area contributed by atoms with Gasteiger partial charge in [0.05, 0.1) is 17.3 Å². The Morgan fingerprint density at radius 2 is 2.03 bits per heavy atom. The molecule has 0 fully saturated rings. The summed E-state index contributed by atoms with van der Waals surface area (Å²) in [5.41, 5.74) is 9.91. The van der Waals surface area contributed by atoms with Crippen LogP contribution in [0.1, 0.15) is 52.0 Å². The van der Waals surface area contributed by atoms with Gasteiger partial charge in [0.1, 0.15) is 5.69 Å². The van der Waals surface area contributed by atoms with Crippen molar-refractivity contribution in [3.63, 3.8) is 0 Å². The summed E-state index contributed by atoms with van der Waals surface area (Å²) in [5.74, 6) is -0.346. The molecule has 168 valence electrons. The number of amides is 2. The average molecular weight is 460 g/mol. The summed E-state index contributed by atoms with van der Waals surface area (Å²) in [6, 6.07) is 17.1. The monoisotopic (exact) mass is 459 g/mol. The molecule has 2 aromatic heterocycles. The van der Waals surface area contributed by atoms with Crippen molar-refractivity contribution in [3.05, 3.63) is 82.5 Å². The van der Waals surface area contributed by atoms with Crippen molar-refractivity contribution >= 4 is 39.2 Å². The normalized spacial score (nSPS) is 15.7. The molecule has 1 aliphatic rings. The molecular formula is C25H25N5O2S. The molecule has 0 spiro atoms. The van der Waals surface area contributed by atoms with Crippen molar-refractivity contribution in [1.29, 1.82) is 0 Å². The van der Waals surface area contributed by atoms with Crippen molar-refractivity contribution in [2.45, 2.75) is 31.8 Å². The predicted octanol–water partition coefficient (Wildman–Crippen LogP) is 4.07. The van der Waals surface area contributed by atoms with Crippen molar-refractivity contribution in [2.75, 3.05) is 11.9 Å². The number of fused-ring (bicyclic) bond motifs is 3. The number of nitrogens with zero attached hydrogens (tertiary/aromatic N) is 2. The summed E-state index contributed by atoms with van der Waals surface area (Å²) >= 11 is 1.36. The van der Waals surface area contributed by atoms with E-state index in [0.717, 1.165) is 22.2 Å². The van der Waals surface area contributed by atoms with Crippen LogP contribution in [0.2, 0.25) is 0 Å². The number of thiazole rings is 1. The van der Waals surface area contributed by atoms with Crippen LogP contribution in [-0.2, 0) is 12.0 Å². The molecule has 3 heterocycles. The number of aromatic nitrogens is 2. The third kappa shape index (κ3) is 4.03. The van der Waals surface area contributed by atoms with Crippen LogP contribution in [0.25, 0.3) is 10.9 Å². The molecule has 0 bridgehead atoms. The number of carbonyl (C=O) groups is 2. The zero-order chi connectivity index (χ0) is 23.2. The van der Waals surface area contributed by atoms with Gasteiger partial charge in [-0.15, -0.1) is 11.3 Å². The molecule has 33 heavy (non-hydrogen) atoms. The maximum atomic E-state index is 13.0. The van der Waals surface area contributed by atoms with Crippen LogP contribution in [-0.4, -0.2) is 27.9 Å². The molecule has 0 radical (unpaired) electrons. The molecular weight excluding hydrogens is 434 g/mol. The summed E-state index contributed by atoms with van der Waals surface area (Å²) in [7, 11) is 0. The maximum Gasteiger partial charge on any atom is 0.268 e. The summed E-state index contributed by atoms with van der Waals surface area (Å²) in [6.07, 6.45) is 0.678. The van der Waals surface area contributed by atoms with E-state index in [9.17, 15) is 9.59 Å². The van der Waals surface area contributed by atoms with E-state index in [2.05, 4.69) is 29.5 Å². The highest BCUT2D eigenvalue weighted by Gasteiger charge is 2.32. The lowest BCUT2D eigenvalue weighted by Gasteiger charge is -2.34. The van der Waals surface area contributed by atoms with Crippen LogP contribution in [0, 0.1) is 0 Å². The largest absolute Gasteiger partial charge is 0.348 e. The molecule has 1 atom stereocenters. The molecule has 5 rings (SSSR count). The first-order valence-electron chi connectivity index (χ1n) is 10.8. The minimum atomic E-state index is -0.292. The number of hydrogen-bond acceptors (Lipinski definition) is 5. The Morgan fingerprint density at radius 1 is 1.24 bits per heavy atom. The topological polar surface area (TPSA) is 102 Å². The number of nitrogens with one attached hydrogen (secondary N) is 2. The summed E-state index contributed by atoms with van der Waals surface area (Å²) in [4.78, 5) is 29.9. The highest BCUT2D eigenvalue weighted by molar-refractivity contribution is 7.14. The maximum absolute atomic E-state index is 13.0. The van der Waals surface area contributed by atoms with Gasteiger partial charge >= 0.3 is 0 Å². The van der Waals surface area contributed by atoms with E-state index in [1.54, 1.807) is 6.07 Å². The van der Waals surface area contributed by atoms with E-state index in [0.29, 0.717) is 29.4 Å². The van der Waals surface area contributed by atoms with Gasteiger partial charge in [-0.05, 0) is 44.0 Å². The highest BCUT2D eigenvalue weighted by Crippen LogP contribution is 2.31. The molecule has 1 aliphatic heterocycles. The van der Waals surface area contributed by atoms with Gasteiger partial charge in [0.25, 0.3) is 11.8 Å². The Balaban J connectivity index is 1.36. The zero-order valence-corrected chi connectivity index (χ0v) is 19.3. The molecule has 0 aliphatic carbocycles. The van der Waals surface area contributed by atoms with Crippen LogP contribution >= 0.6 is 11.3 Å². The SMILES string of the molecule is CC1(C)CNC(=O)c2cc3ccc(C(=O)Nc4nc([C@@H](N)Cc5ccccc5)cs4)cc3n21.